The molecule has 116 valence electrons. The number of rotatable bonds is 10. The molecule has 0 saturated carbocycles. The third-order valence-electron chi connectivity index (χ3n) is 3.91. The van der Waals surface area contributed by atoms with Crippen LogP contribution in [0.15, 0.2) is 11.6 Å². The van der Waals surface area contributed by atoms with E-state index in [1.807, 2.05) is 13.8 Å². The van der Waals surface area contributed by atoms with E-state index >= 15 is 0 Å². The molecule has 0 aromatic rings. The highest BCUT2D eigenvalue weighted by molar-refractivity contribution is 5.96. The lowest BCUT2D eigenvalue weighted by Crippen LogP contribution is -2.41. The van der Waals surface area contributed by atoms with Crippen LogP contribution in [0, 0.1) is 11.3 Å². The number of carbonyl (C=O) groups is 2. The van der Waals surface area contributed by atoms with Crippen molar-refractivity contribution in [2.24, 2.45) is 11.3 Å². The predicted octanol–water partition coefficient (Wildman–Crippen LogP) is 4.10. The molecule has 0 aromatic carbocycles. The lowest BCUT2D eigenvalue weighted by molar-refractivity contribution is -0.153. The van der Waals surface area contributed by atoms with Gasteiger partial charge >= 0.3 is 11.9 Å². The van der Waals surface area contributed by atoms with Gasteiger partial charge in [-0.05, 0) is 18.8 Å². The molecule has 0 bridgehead atoms. The summed E-state index contributed by atoms with van der Waals surface area (Å²) in [5.41, 5.74) is -1.22. The van der Waals surface area contributed by atoms with Crippen LogP contribution in [0.25, 0.3) is 0 Å². The zero-order chi connectivity index (χ0) is 15.8. The number of allylic oxidation sites excluding steroid dienone is 1. The van der Waals surface area contributed by atoms with Crippen molar-refractivity contribution in [3.05, 3.63) is 11.6 Å². The van der Waals surface area contributed by atoms with Gasteiger partial charge in [0, 0.05) is 0 Å². The van der Waals surface area contributed by atoms with Crippen molar-refractivity contribution in [2.45, 2.75) is 66.2 Å². The van der Waals surface area contributed by atoms with E-state index in [9.17, 15) is 19.8 Å². The summed E-state index contributed by atoms with van der Waals surface area (Å²) in [6.45, 7) is 7.59. The van der Waals surface area contributed by atoms with E-state index in [4.69, 9.17) is 0 Å². The molecule has 0 aromatic heterocycles. The van der Waals surface area contributed by atoms with Crippen molar-refractivity contribution in [3.63, 3.8) is 0 Å². The van der Waals surface area contributed by atoms with Gasteiger partial charge in [-0.3, -0.25) is 4.79 Å². The van der Waals surface area contributed by atoms with Crippen molar-refractivity contribution in [1.82, 2.24) is 0 Å². The van der Waals surface area contributed by atoms with Crippen molar-refractivity contribution in [2.75, 3.05) is 0 Å². The minimum atomic E-state index is -1.28. The number of hydrogen-bond donors (Lipinski definition) is 2. The molecule has 0 spiro atoms. The zero-order valence-corrected chi connectivity index (χ0v) is 13.1. The van der Waals surface area contributed by atoms with Gasteiger partial charge in [-0.1, -0.05) is 59.5 Å². The molecular weight excluding hydrogens is 256 g/mol. The Bertz CT molecular complexity index is 357. The molecule has 0 radical (unpaired) electrons. The Morgan fingerprint density at radius 2 is 1.65 bits per heavy atom. The number of hydrogen-bond acceptors (Lipinski definition) is 2. The van der Waals surface area contributed by atoms with Crippen LogP contribution in [0.5, 0.6) is 0 Å². The summed E-state index contributed by atoms with van der Waals surface area (Å²) >= 11 is 0. The lowest BCUT2D eigenvalue weighted by Gasteiger charge is -2.34. The van der Waals surface area contributed by atoms with Gasteiger partial charge in [0.2, 0.25) is 0 Å². The van der Waals surface area contributed by atoms with E-state index in [1.54, 1.807) is 19.9 Å². The van der Waals surface area contributed by atoms with E-state index in [0.717, 1.165) is 19.3 Å². The average molecular weight is 284 g/mol. The van der Waals surface area contributed by atoms with Crippen molar-refractivity contribution < 1.29 is 19.8 Å². The van der Waals surface area contributed by atoms with Crippen LogP contribution < -0.4 is 0 Å². The monoisotopic (exact) mass is 284 g/mol. The van der Waals surface area contributed by atoms with Gasteiger partial charge in [0.05, 0.1) is 5.57 Å². The molecule has 0 amide bonds. The molecule has 0 fully saturated rings. The maximum absolute atomic E-state index is 11.8. The Hall–Kier alpha value is -1.32. The van der Waals surface area contributed by atoms with E-state index < -0.39 is 17.4 Å². The summed E-state index contributed by atoms with van der Waals surface area (Å²) in [7, 11) is 0. The van der Waals surface area contributed by atoms with Crippen molar-refractivity contribution in [3.8, 4) is 0 Å². The first-order valence-electron chi connectivity index (χ1n) is 7.51. The fraction of sp³-hybridized carbons (Fsp3) is 0.750. The first kappa shape index (κ1) is 18.7. The molecular formula is C16H28O4. The van der Waals surface area contributed by atoms with Crippen LogP contribution in [0.4, 0.5) is 0 Å². The number of aliphatic carboxylic acids is 2. The van der Waals surface area contributed by atoms with Gasteiger partial charge in [-0.2, -0.15) is 0 Å². The molecule has 0 aliphatic rings. The Morgan fingerprint density at radius 1 is 1.10 bits per heavy atom. The van der Waals surface area contributed by atoms with E-state index in [2.05, 4.69) is 0 Å². The largest absolute Gasteiger partial charge is 0.481 e. The van der Waals surface area contributed by atoms with E-state index in [-0.39, 0.29) is 11.5 Å². The number of unbranched alkanes of at least 4 members (excludes halogenated alkanes) is 3. The maximum Gasteiger partial charge on any atom is 0.332 e. The number of carboxylic acid groups (broad SMARTS) is 2. The minimum absolute atomic E-state index is 0.0573. The van der Waals surface area contributed by atoms with Crippen LogP contribution in [-0.2, 0) is 9.59 Å². The maximum atomic E-state index is 11.8. The highest BCUT2D eigenvalue weighted by Crippen LogP contribution is 2.41. The van der Waals surface area contributed by atoms with Gasteiger partial charge in [0.15, 0.2) is 0 Å². The smallest absolute Gasteiger partial charge is 0.332 e. The third kappa shape index (κ3) is 4.36. The van der Waals surface area contributed by atoms with Gasteiger partial charge in [0.1, 0.15) is 5.41 Å². The second-order valence-electron chi connectivity index (χ2n) is 5.60. The molecule has 1 unspecified atom stereocenters. The highest BCUT2D eigenvalue weighted by Gasteiger charge is 2.47. The molecule has 0 saturated heterocycles. The number of carboxylic acids is 2. The van der Waals surface area contributed by atoms with E-state index in [0.29, 0.717) is 19.3 Å². The van der Waals surface area contributed by atoms with Gasteiger partial charge in [-0.15, -0.1) is 0 Å². The zero-order valence-electron chi connectivity index (χ0n) is 13.1. The Kier molecular flexibility index (Phi) is 8.19. The molecule has 0 aliphatic carbocycles. The summed E-state index contributed by atoms with van der Waals surface area (Å²) < 4.78 is 0. The van der Waals surface area contributed by atoms with Crippen LogP contribution in [0.3, 0.4) is 0 Å². The molecule has 2 N–H and O–H groups in total. The third-order valence-corrected chi connectivity index (χ3v) is 3.91. The summed E-state index contributed by atoms with van der Waals surface area (Å²) in [4.78, 5) is 23.4. The average Bonchev–Trinajstić information content (AvgIpc) is 2.36. The molecule has 1 atom stereocenters. The summed E-state index contributed by atoms with van der Waals surface area (Å²) in [5.74, 6) is -2.38. The fourth-order valence-corrected chi connectivity index (χ4v) is 2.57. The lowest BCUT2D eigenvalue weighted by atomic mass is 9.67. The SMILES string of the molecule is CCCCC=C(C(=O)O)C(CCCC)(C(=O)O)C(C)C. The summed E-state index contributed by atoms with van der Waals surface area (Å²) in [5, 5.41) is 19.2. The standard InChI is InChI=1S/C16H28O4/c1-5-7-9-10-13(14(17)18)16(12(3)4,15(19)20)11-8-6-2/h10,12H,5-9,11H2,1-4H3,(H,17,18)(H,19,20). The molecule has 4 heteroatoms. The van der Waals surface area contributed by atoms with Crippen LogP contribution in [-0.4, -0.2) is 22.2 Å². The topological polar surface area (TPSA) is 74.6 Å². The Labute approximate surface area is 121 Å². The molecule has 0 heterocycles. The Morgan fingerprint density at radius 3 is 2.00 bits per heavy atom. The molecule has 20 heavy (non-hydrogen) atoms. The van der Waals surface area contributed by atoms with Gasteiger partial charge in [-0.25, -0.2) is 4.79 Å². The van der Waals surface area contributed by atoms with E-state index in [1.165, 1.54) is 0 Å². The first-order chi connectivity index (χ1) is 9.34. The minimum Gasteiger partial charge on any atom is -0.481 e. The molecule has 0 rings (SSSR count). The van der Waals surface area contributed by atoms with Crippen LogP contribution >= 0.6 is 0 Å². The first-order valence-corrected chi connectivity index (χ1v) is 7.51. The van der Waals surface area contributed by atoms with Crippen LogP contribution in [0.2, 0.25) is 0 Å². The van der Waals surface area contributed by atoms with Crippen LogP contribution in [0.1, 0.15) is 66.2 Å². The second kappa shape index (κ2) is 8.77. The summed E-state index contributed by atoms with van der Waals surface area (Å²) in [6.07, 6.45) is 6.01. The molecule has 4 nitrogen and oxygen atoms in total. The van der Waals surface area contributed by atoms with Crippen molar-refractivity contribution in [1.29, 1.82) is 0 Å². The summed E-state index contributed by atoms with van der Waals surface area (Å²) in [6, 6.07) is 0. The normalized spacial score (nSPS) is 15.2. The van der Waals surface area contributed by atoms with Gasteiger partial charge in [0.25, 0.3) is 0 Å². The molecule has 0 aliphatic heterocycles. The van der Waals surface area contributed by atoms with Crippen molar-refractivity contribution >= 4 is 11.9 Å². The fourth-order valence-electron chi connectivity index (χ4n) is 2.57. The quantitative estimate of drug-likeness (QED) is 0.468. The Balaban J connectivity index is 5.67. The second-order valence-corrected chi connectivity index (χ2v) is 5.60. The highest BCUT2D eigenvalue weighted by atomic mass is 16.4. The van der Waals surface area contributed by atoms with Gasteiger partial charge < -0.3 is 10.2 Å². The predicted molar refractivity (Wildman–Crippen MR) is 79.7 cm³/mol.